The Balaban J connectivity index is 2.01. The topological polar surface area (TPSA) is 35.5 Å². The molecule has 0 aromatic rings. The van der Waals surface area contributed by atoms with Crippen LogP contribution in [0.15, 0.2) is 0 Å². The van der Waals surface area contributed by atoms with E-state index in [1.807, 2.05) is 0 Å². The van der Waals surface area contributed by atoms with Crippen molar-refractivity contribution in [2.75, 3.05) is 13.2 Å². The van der Waals surface area contributed by atoms with Gasteiger partial charge in [0, 0.05) is 6.04 Å². The summed E-state index contributed by atoms with van der Waals surface area (Å²) in [4.78, 5) is 2.16. The first-order valence-corrected chi connectivity index (χ1v) is 4.02. The lowest BCUT2D eigenvalue weighted by Crippen LogP contribution is -2.48. The SMILES string of the molecule is O[C@H]1CC[C@@H]2CCNCN21. The van der Waals surface area contributed by atoms with Crippen molar-refractivity contribution in [3.05, 3.63) is 0 Å². The summed E-state index contributed by atoms with van der Waals surface area (Å²) in [5.74, 6) is 0. The number of hydrogen-bond acceptors (Lipinski definition) is 3. The van der Waals surface area contributed by atoms with Crippen LogP contribution in [-0.2, 0) is 0 Å². The van der Waals surface area contributed by atoms with Crippen LogP contribution in [0.1, 0.15) is 19.3 Å². The van der Waals surface area contributed by atoms with Gasteiger partial charge in [-0.05, 0) is 25.8 Å². The predicted molar refractivity (Wildman–Crippen MR) is 38.4 cm³/mol. The molecule has 58 valence electrons. The maximum atomic E-state index is 9.41. The second kappa shape index (κ2) is 2.49. The molecule has 0 amide bonds. The van der Waals surface area contributed by atoms with Gasteiger partial charge in [0.1, 0.15) is 6.23 Å². The quantitative estimate of drug-likeness (QED) is 0.488. The van der Waals surface area contributed by atoms with Crippen LogP contribution in [0.25, 0.3) is 0 Å². The Hall–Kier alpha value is -0.120. The molecule has 2 heterocycles. The summed E-state index contributed by atoms with van der Waals surface area (Å²) < 4.78 is 0. The number of fused-ring (bicyclic) bond motifs is 1. The van der Waals surface area contributed by atoms with Gasteiger partial charge in [-0.15, -0.1) is 0 Å². The fraction of sp³-hybridized carbons (Fsp3) is 1.00. The van der Waals surface area contributed by atoms with Gasteiger partial charge in [0.25, 0.3) is 0 Å². The minimum atomic E-state index is -0.169. The van der Waals surface area contributed by atoms with Crippen molar-refractivity contribution in [2.24, 2.45) is 0 Å². The van der Waals surface area contributed by atoms with Crippen LogP contribution in [0.2, 0.25) is 0 Å². The van der Waals surface area contributed by atoms with Crippen molar-refractivity contribution in [3.8, 4) is 0 Å². The number of nitrogens with zero attached hydrogens (tertiary/aromatic N) is 1. The van der Waals surface area contributed by atoms with Gasteiger partial charge < -0.3 is 10.4 Å². The van der Waals surface area contributed by atoms with Gasteiger partial charge in [-0.2, -0.15) is 0 Å². The van der Waals surface area contributed by atoms with Gasteiger partial charge in [0.2, 0.25) is 0 Å². The second-order valence-electron chi connectivity index (χ2n) is 3.17. The molecule has 2 aliphatic rings. The third kappa shape index (κ3) is 0.944. The number of nitrogens with one attached hydrogen (secondary N) is 1. The Kier molecular flexibility index (Phi) is 1.64. The standard InChI is InChI=1S/C7H14N2O/c10-7-2-1-6-3-4-8-5-9(6)7/h6-8,10H,1-5H2/t6-,7+/m1/s1. The molecular weight excluding hydrogens is 128 g/mol. The van der Waals surface area contributed by atoms with E-state index in [1.54, 1.807) is 0 Å². The van der Waals surface area contributed by atoms with E-state index < -0.39 is 0 Å². The minimum absolute atomic E-state index is 0.169. The highest BCUT2D eigenvalue weighted by Gasteiger charge is 2.33. The molecule has 2 rings (SSSR count). The average Bonchev–Trinajstić information content (AvgIpc) is 2.34. The van der Waals surface area contributed by atoms with Crippen molar-refractivity contribution >= 4 is 0 Å². The summed E-state index contributed by atoms with van der Waals surface area (Å²) in [6, 6.07) is 0.663. The van der Waals surface area contributed by atoms with Crippen LogP contribution in [0.5, 0.6) is 0 Å². The van der Waals surface area contributed by atoms with E-state index in [9.17, 15) is 5.11 Å². The number of rotatable bonds is 0. The zero-order valence-electron chi connectivity index (χ0n) is 6.08. The van der Waals surface area contributed by atoms with E-state index in [1.165, 1.54) is 12.8 Å². The largest absolute Gasteiger partial charge is 0.378 e. The lowest BCUT2D eigenvalue weighted by molar-refractivity contribution is -0.00115. The fourth-order valence-corrected chi connectivity index (χ4v) is 1.94. The van der Waals surface area contributed by atoms with Gasteiger partial charge in [-0.25, -0.2) is 0 Å². The van der Waals surface area contributed by atoms with Crippen LogP contribution < -0.4 is 5.32 Å². The van der Waals surface area contributed by atoms with Crippen molar-refractivity contribution < 1.29 is 5.11 Å². The molecule has 3 heteroatoms. The first kappa shape index (κ1) is 6.58. The molecule has 2 saturated heterocycles. The maximum Gasteiger partial charge on any atom is 0.108 e. The number of aliphatic hydroxyl groups is 1. The average molecular weight is 142 g/mol. The van der Waals surface area contributed by atoms with Gasteiger partial charge in [0.05, 0.1) is 6.67 Å². The van der Waals surface area contributed by atoms with E-state index in [0.29, 0.717) is 6.04 Å². The predicted octanol–water partition coefficient (Wildman–Crippen LogP) is -0.280. The zero-order chi connectivity index (χ0) is 6.97. The summed E-state index contributed by atoms with van der Waals surface area (Å²) in [6.07, 6.45) is 3.18. The molecule has 0 spiro atoms. The molecule has 0 radical (unpaired) electrons. The van der Waals surface area contributed by atoms with E-state index in [-0.39, 0.29) is 6.23 Å². The fourth-order valence-electron chi connectivity index (χ4n) is 1.94. The monoisotopic (exact) mass is 142 g/mol. The Morgan fingerprint density at radius 3 is 3.00 bits per heavy atom. The molecule has 0 unspecified atom stereocenters. The van der Waals surface area contributed by atoms with Gasteiger partial charge in [0.15, 0.2) is 0 Å². The number of aliphatic hydroxyl groups excluding tert-OH is 1. The highest BCUT2D eigenvalue weighted by Crippen LogP contribution is 2.25. The van der Waals surface area contributed by atoms with Gasteiger partial charge in [-0.3, -0.25) is 4.90 Å². The Bertz CT molecular complexity index is 127. The first-order chi connectivity index (χ1) is 4.88. The Morgan fingerprint density at radius 1 is 1.30 bits per heavy atom. The lowest BCUT2D eigenvalue weighted by atomic mass is 10.1. The molecule has 2 aliphatic heterocycles. The molecule has 0 saturated carbocycles. The summed E-state index contributed by atoms with van der Waals surface area (Å²) in [7, 11) is 0. The van der Waals surface area contributed by atoms with E-state index in [0.717, 1.165) is 19.6 Å². The molecule has 0 aromatic heterocycles. The highest BCUT2D eigenvalue weighted by molar-refractivity contribution is 4.84. The van der Waals surface area contributed by atoms with Crippen LogP contribution in [-0.4, -0.2) is 35.5 Å². The van der Waals surface area contributed by atoms with Crippen LogP contribution >= 0.6 is 0 Å². The first-order valence-electron chi connectivity index (χ1n) is 4.02. The normalized spacial score (nSPS) is 41.7. The summed E-state index contributed by atoms with van der Waals surface area (Å²) in [5.41, 5.74) is 0. The van der Waals surface area contributed by atoms with Crippen molar-refractivity contribution in [1.29, 1.82) is 0 Å². The van der Waals surface area contributed by atoms with Crippen LogP contribution in [0.4, 0.5) is 0 Å². The minimum Gasteiger partial charge on any atom is -0.378 e. The van der Waals surface area contributed by atoms with Gasteiger partial charge in [-0.1, -0.05) is 0 Å². The zero-order valence-corrected chi connectivity index (χ0v) is 6.08. The molecule has 0 aliphatic carbocycles. The Labute approximate surface area is 61.0 Å². The Morgan fingerprint density at radius 2 is 2.20 bits per heavy atom. The smallest absolute Gasteiger partial charge is 0.108 e. The van der Waals surface area contributed by atoms with Crippen LogP contribution in [0.3, 0.4) is 0 Å². The third-order valence-electron chi connectivity index (χ3n) is 2.56. The molecule has 10 heavy (non-hydrogen) atoms. The van der Waals surface area contributed by atoms with Crippen molar-refractivity contribution in [3.63, 3.8) is 0 Å². The summed E-state index contributed by atoms with van der Waals surface area (Å²) in [5, 5.41) is 12.7. The van der Waals surface area contributed by atoms with Crippen LogP contribution in [0, 0.1) is 0 Å². The molecule has 0 aromatic carbocycles. The molecule has 3 nitrogen and oxygen atoms in total. The second-order valence-corrected chi connectivity index (χ2v) is 3.17. The highest BCUT2D eigenvalue weighted by atomic mass is 16.3. The number of hydrogen-bond donors (Lipinski definition) is 2. The van der Waals surface area contributed by atoms with Gasteiger partial charge >= 0.3 is 0 Å². The van der Waals surface area contributed by atoms with Crippen molar-refractivity contribution in [1.82, 2.24) is 10.2 Å². The van der Waals surface area contributed by atoms with E-state index >= 15 is 0 Å². The molecule has 2 N–H and O–H groups in total. The molecular formula is C7H14N2O. The summed E-state index contributed by atoms with van der Waals surface area (Å²) in [6.45, 7) is 2.00. The molecule has 2 fully saturated rings. The third-order valence-corrected chi connectivity index (χ3v) is 2.56. The maximum absolute atomic E-state index is 9.41. The molecule has 2 atom stereocenters. The van der Waals surface area contributed by atoms with E-state index in [2.05, 4.69) is 10.2 Å². The molecule has 0 bridgehead atoms. The lowest BCUT2D eigenvalue weighted by Gasteiger charge is -2.31. The summed E-state index contributed by atoms with van der Waals surface area (Å²) >= 11 is 0. The van der Waals surface area contributed by atoms with Crippen molar-refractivity contribution in [2.45, 2.75) is 31.5 Å². The van der Waals surface area contributed by atoms with E-state index in [4.69, 9.17) is 0 Å².